The summed E-state index contributed by atoms with van der Waals surface area (Å²) in [6.45, 7) is 0. The molecule has 0 radical (unpaired) electrons. The van der Waals surface area contributed by atoms with Crippen LogP contribution in [0.15, 0.2) is 231 Å². The number of benzene rings is 11. The molecule has 0 fully saturated rings. The number of para-hydroxylation sites is 2. The second-order valence-corrected chi connectivity index (χ2v) is 17.2. The molecule has 0 aliphatic heterocycles. The van der Waals surface area contributed by atoms with Gasteiger partial charge in [0.1, 0.15) is 0 Å². The molecule has 64 heavy (non-hydrogen) atoms. The molecule has 1 aliphatic rings. The third-order valence-corrected chi connectivity index (χ3v) is 13.9. The standard InChI is InChI=1S/C62H38N2/c1-2-14-43(15-3-1)63-58-24-11-10-21-51(58)56-37-41(28-35-59(56)63)42-29-36-60-57(38-42)55-32-27-39-13-4-5-17-46(39)62(55)64(60)44-30-25-40(26-31-44)45-16-6-7-18-47(45)50-33-34-54-49-20-9-8-19-48(49)52-22-12-23-53(50)61(52)54/h1-38H. The largest absolute Gasteiger partial charge is 0.309 e. The number of nitrogens with zero attached hydrogens (tertiary/aromatic N) is 2. The van der Waals surface area contributed by atoms with Crippen LogP contribution < -0.4 is 0 Å². The molecule has 2 heteroatoms. The van der Waals surface area contributed by atoms with Crippen molar-refractivity contribution in [2.75, 3.05) is 0 Å². The molecule has 1 aliphatic carbocycles. The van der Waals surface area contributed by atoms with Gasteiger partial charge in [-0.2, -0.15) is 0 Å². The van der Waals surface area contributed by atoms with Crippen molar-refractivity contribution in [2.45, 2.75) is 0 Å². The Kier molecular flexibility index (Phi) is 7.43. The maximum absolute atomic E-state index is 2.48. The molecular formula is C62H38N2. The Bertz CT molecular complexity index is 4020. The zero-order chi connectivity index (χ0) is 41.9. The number of rotatable bonds is 5. The van der Waals surface area contributed by atoms with E-state index in [4.69, 9.17) is 0 Å². The summed E-state index contributed by atoms with van der Waals surface area (Å²) in [5.74, 6) is 0. The molecule has 13 aromatic rings. The average Bonchev–Trinajstić information content (AvgIpc) is 4.01. The fraction of sp³-hybridized carbons (Fsp3) is 0. The van der Waals surface area contributed by atoms with Gasteiger partial charge < -0.3 is 9.13 Å². The monoisotopic (exact) mass is 810 g/mol. The lowest BCUT2D eigenvalue weighted by Crippen LogP contribution is -1.95. The van der Waals surface area contributed by atoms with E-state index in [0.717, 1.165) is 5.69 Å². The van der Waals surface area contributed by atoms with Gasteiger partial charge >= 0.3 is 0 Å². The van der Waals surface area contributed by atoms with E-state index >= 15 is 0 Å². The van der Waals surface area contributed by atoms with Crippen molar-refractivity contribution in [1.29, 1.82) is 0 Å². The van der Waals surface area contributed by atoms with Gasteiger partial charge in [0.05, 0.1) is 22.1 Å². The lowest BCUT2D eigenvalue weighted by molar-refractivity contribution is 1.18. The van der Waals surface area contributed by atoms with Crippen LogP contribution in [0.5, 0.6) is 0 Å². The van der Waals surface area contributed by atoms with E-state index in [9.17, 15) is 0 Å². The number of hydrogen-bond acceptors (Lipinski definition) is 0. The first-order chi connectivity index (χ1) is 31.8. The minimum absolute atomic E-state index is 1.14. The van der Waals surface area contributed by atoms with Gasteiger partial charge in [0.25, 0.3) is 0 Å². The van der Waals surface area contributed by atoms with Crippen LogP contribution in [-0.2, 0) is 0 Å². The van der Waals surface area contributed by atoms with Crippen LogP contribution in [0.4, 0.5) is 0 Å². The maximum Gasteiger partial charge on any atom is 0.0619 e. The lowest BCUT2D eigenvalue weighted by atomic mass is 9.89. The summed E-state index contributed by atoms with van der Waals surface area (Å²) in [6.07, 6.45) is 0. The quantitative estimate of drug-likeness (QED) is 0.164. The van der Waals surface area contributed by atoms with Gasteiger partial charge in [0.2, 0.25) is 0 Å². The van der Waals surface area contributed by atoms with E-state index in [-0.39, 0.29) is 0 Å². The first-order valence-corrected chi connectivity index (χ1v) is 22.2. The van der Waals surface area contributed by atoms with Crippen LogP contribution in [-0.4, -0.2) is 9.13 Å². The zero-order valence-corrected chi connectivity index (χ0v) is 34.8. The summed E-state index contributed by atoms with van der Waals surface area (Å²) in [4.78, 5) is 0. The molecule has 0 spiro atoms. The molecule has 296 valence electrons. The summed E-state index contributed by atoms with van der Waals surface area (Å²) in [6, 6.07) is 85.2. The second-order valence-electron chi connectivity index (χ2n) is 17.2. The molecule has 0 saturated carbocycles. The Balaban J connectivity index is 0.908. The summed E-state index contributed by atoms with van der Waals surface area (Å²) < 4.78 is 4.86. The van der Waals surface area contributed by atoms with Crippen LogP contribution in [0.25, 0.3) is 132 Å². The van der Waals surface area contributed by atoms with Crippen LogP contribution >= 0.6 is 0 Å². The molecule has 0 unspecified atom stereocenters. The second kappa shape index (κ2) is 13.5. The van der Waals surface area contributed by atoms with E-state index in [1.165, 1.54) is 126 Å². The normalized spacial score (nSPS) is 12.1. The summed E-state index contributed by atoms with van der Waals surface area (Å²) >= 11 is 0. The molecule has 0 bridgehead atoms. The van der Waals surface area contributed by atoms with Gasteiger partial charge in [-0.1, -0.05) is 176 Å². The number of fused-ring (bicyclic) bond motifs is 11. The van der Waals surface area contributed by atoms with Crippen LogP contribution in [0, 0.1) is 0 Å². The van der Waals surface area contributed by atoms with E-state index in [1.54, 1.807) is 0 Å². The van der Waals surface area contributed by atoms with Crippen molar-refractivity contribution in [1.82, 2.24) is 9.13 Å². The molecule has 14 rings (SSSR count). The van der Waals surface area contributed by atoms with E-state index in [2.05, 4.69) is 240 Å². The van der Waals surface area contributed by atoms with E-state index in [1.807, 2.05) is 0 Å². The molecular weight excluding hydrogens is 773 g/mol. The molecule has 0 amide bonds. The van der Waals surface area contributed by atoms with E-state index in [0.29, 0.717) is 0 Å². The Morgan fingerprint density at radius 1 is 0.234 bits per heavy atom. The van der Waals surface area contributed by atoms with E-state index < -0.39 is 0 Å². The van der Waals surface area contributed by atoms with Crippen molar-refractivity contribution < 1.29 is 0 Å². The smallest absolute Gasteiger partial charge is 0.0619 e. The molecule has 2 heterocycles. The fourth-order valence-corrected chi connectivity index (χ4v) is 11.0. The fourth-order valence-electron chi connectivity index (χ4n) is 11.0. The number of hydrogen-bond donors (Lipinski definition) is 0. The van der Waals surface area contributed by atoms with Gasteiger partial charge in [0.15, 0.2) is 0 Å². The maximum atomic E-state index is 2.48. The Morgan fingerprint density at radius 2 is 0.750 bits per heavy atom. The van der Waals surface area contributed by atoms with Crippen molar-refractivity contribution in [3.05, 3.63) is 231 Å². The van der Waals surface area contributed by atoms with Gasteiger partial charge in [-0.05, 0) is 126 Å². The zero-order valence-electron chi connectivity index (χ0n) is 34.8. The van der Waals surface area contributed by atoms with Crippen LogP contribution in [0.3, 0.4) is 0 Å². The third kappa shape index (κ3) is 5.02. The Labute approximate surface area is 370 Å². The third-order valence-electron chi connectivity index (χ3n) is 13.9. The van der Waals surface area contributed by atoms with Crippen LogP contribution in [0.2, 0.25) is 0 Å². The Hall–Kier alpha value is -8.46. The minimum atomic E-state index is 1.14. The van der Waals surface area contributed by atoms with Crippen molar-refractivity contribution in [2.24, 2.45) is 0 Å². The average molecular weight is 811 g/mol. The molecule has 0 N–H and O–H groups in total. The Morgan fingerprint density at radius 3 is 1.52 bits per heavy atom. The molecule has 0 saturated heterocycles. The highest BCUT2D eigenvalue weighted by molar-refractivity contribution is 6.21. The highest BCUT2D eigenvalue weighted by atomic mass is 15.0. The van der Waals surface area contributed by atoms with Crippen molar-refractivity contribution >= 4 is 65.2 Å². The summed E-state index contributed by atoms with van der Waals surface area (Å²) in [5.41, 5.74) is 19.8. The van der Waals surface area contributed by atoms with Gasteiger partial charge in [-0.3, -0.25) is 0 Å². The topological polar surface area (TPSA) is 9.86 Å². The predicted octanol–water partition coefficient (Wildman–Crippen LogP) is 16.8. The molecule has 0 atom stereocenters. The molecule has 2 aromatic heterocycles. The van der Waals surface area contributed by atoms with Gasteiger partial charge in [0, 0.05) is 38.3 Å². The lowest BCUT2D eigenvalue weighted by Gasteiger charge is -2.15. The van der Waals surface area contributed by atoms with Gasteiger partial charge in [-0.15, -0.1) is 0 Å². The van der Waals surface area contributed by atoms with Crippen molar-refractivity contribution in [3.63, 3.8) is 0 Å². The SMILES string of the molecule is c1ccc(-n2c3ccccc3c3cc(-c4ccc5c(c4)c4ccc6ccccc6c4n5-c4ccc(-c5ccccc5-c5ccc6c7c(cccc57)-c5ccccc5-6)cc4)ccc32)cc1. The predicted molar refractivity (Wildman–Crippen MR) is 271 cm³/mol. The highest BCUT2D eigenvalue weighted by Crippen LogP contribution is 2.50. The van der Waals surface area contributed by atoms with Gasteiger partial charge in [-0.25, -0.2) is 0 Å². The highest BCUT2D eigenvalue weighted by Gasteiger charge is 2.23. The summed E-state index contributed by atoms with van der Waals surface area (Å²) in [7, 11) is 0. The first-order valence-electron chi connectivity index (χ1n) is 22.2. The number of aromatic nitrogens is 2. The summed E-state index contributed by atoms with van der Waals surface area (Å²) in [5, 5.41) is 10.1. The molecule has 11 aromatic carbocycles. The first kappa shape index (κ1) is 35.2. The minimum Gasteiger partial charge on any atom is -0.309 e. The van der Waals surface area contributed by atoms with Crippen molar-refractivity contribution in [3.8, 4) is 67.0 Å². The molecule has 2 nitrogen and oxygen atoms in total. The van der Waals surface area contributed by atoms with Crippen LogP contribution in [0.1, 0.15) is 0 Å².